The number of H-pyrrole nitrogens is 1. The van der Waals surface area contributed by atoms with Gasteiger partial charge in [0, 0.05) is 23.0 Å². The summed E-state index contributed by atoms with van der Waals surface area (Å²) in [6.45, 7) is 0. The highest BCUT2D eigenvalue weighted by Crippen LogP contribution is 2.21. The van der Waals surface area contributed by atoms with Gasteiger partial charge in [0.2, 0.25) is 5.88 Å². The molecule has 0 aliphatic rings. The minimum atomic E-state index is 0.564. The standard InChI is InChI=1S/C10H8N4O/c1-15-8-3-2-7-9-6(5-12-14-9)4-11-10(7)13-8/h2-5H,1H3,(H,12,14). The molecule has 0 aliphatic carbocycles. The lowest BCUT2D eigenvalue weighted by molar-refractivity contribution is 0.399. The van der Waals surface area contributed by atoms with Gasteiger partial charge in [0.05, 0.1) is 18.8 Å². The summed E-state index contributed by atoms with van der Waals surface area (Å²) in [5.41, 5.74) is 1.61. The molecule has 0 saturated heterocycles. The van der Waals surface area contributed by atoms with E-state index >= 15 is 0 Å². The molecule has 3 aromatic rings. The molecule has 0 spiro atoms. The van der Waals surface area contributed by atoms with Crippen LogP contribution in [0.25, 0.3) is 21.9 Å². The highest BCUT2D eigenvalue weighted by atomic mass is 16.5. The van der Waals surface area contributed by atoms with E-state index in [1.165, 1.54) is 0 Å². The average molecular weight is 200 g/mol. The Morgan fingerprint density at radius 1 is 1.27 bits per heavy atom. The van der Waals surface area contributed by atoms with Crippen molar-refractivity contribution in [3.63, 3.8) is 0 Å². The molecule has 5 nitrogen and oxygen atoms in total. The van der Waals surface area contributed by atoms with E-state index in [1.54, 1.807) is 19.5 Å². The van der Waals surface area contributed by atoms with E-state index in [4.69, 9.17) is 4.74 Å². The van der Waals surface area contributed by atoms with E-state index in [-0.39, 0.29) is 0 Å². The van der Waals surface area contributed by atoms with Crippen molar-refractivity contribution < 1.29 is 4.74 Å². The molecule has 0 aromatic carbocycles. The summed E-state index contributed by atoms with van der Waals surface area (Å²) in [6.07, 6.45) is 3.49. The van der Waals surface area contributed by atoms with Crippen LogP contribution in [0.2, 0.25) is 0 Å². The van der Waals surface area contributed by atoms with Crippen molar-refractivity contribution in [2.45, 2.75) is 0 Å². The topological polar surface area (TPSA) is 63.7 Å². The third kappa shape index (κ3) is 1.13. The minimum absolute atomic E-state index is 0.564. The fourth-order valence-electron chi connectivity index (χ4n) is 1.58. The third-order valence-electron chi connectivity index (χ3n) is 2.32. The lowest BCUT2D eigenvalue weighted by Gasteiger charge is -2.00. The Balaban J connectivity index is 2.44. The number of ether oxygens (including phenoxy) is 1. The molecule has 5 heteroatoms. The summed E-state index contributed by atoms with van der Waals surface area (Å²) < 4.78 is 5.04. The summed E-state index contributed by atoms with van der Waals surface area (Å²) >= 11 is 0. The monoisotopic (exact) mass is 200 g/mol. The Labute approximate surface area is 85.1 Å². The quantitative estimate of drug-likeness (QED) is 0.646. The molecule has 0 radical (unpaired) electrons. The zero-order chi connectivity index (χ0) is 10.3. The number of hydrogen-bond acceptors (Lipinski definition) is 4. The molecular formula is C10H8N4O. The van der Waals surface area contributed by atoms with Crippen LogP contribution in [0.5, 0.6) is 5.88 Å². The molecule has 3 rings (SSSR count). The van der Waals surface area contributed by atoms with Crippen LogP contribution in [0.15, 0.2) is 24.5 Å². The van der Waals surface area contributed by atoms with Gasteiger partial charge in [-0.25, -0.2) is 4.98 Å². The first-order chi connectivity index (χ1) is 7.38. The molecule has 3 aromatic heterocycles. The molecule has 3 heterocycles. The van der Waals surface area contributed by atoms with E-state index < -0.39 is 0 Å². The largest absolute Gasteiger partial charge is 0.481 e. The predicted molar refractivity (Wildman–Crippen MR) is 55.7 cm³/mol. The van der Waals surface area contributed by atoms with Gasteiger partial charge < -0.3 is 4.74 Å². The van der Waals surface area contributed by atoms with E-state index in [1.807, 2.05) is 12.1 Å². The van der Waals surface area contributed by atoms with Crippen LogP contribution >= 0.6 is 0 Å². The number of nitrogens with one attached hydrogen (secondary N) is 1. The zero-order valence-corrected chi connectivity index (χ0v) is 8.06. The van der Waals surface area contributed by atoms with Crippen molar-refractivity contribution in [2.75, 3.05) is 7.11 Å². The van der Waals surface area contributed by atoms with Crippen LogP contribution in [0.4, 0.5) is 0 Å². The van der Waals surface area contributed by atoms with Crippen molar-refractivity contribution in [2.24, 2.45) is 0 Å². The highest BCUT2D eigenvalue weighted by Gasteiger charge is 2.05. The SMILES string of the molecule is COc1ccc2c(ncc3cn[nH]c32)n1. The molecule has 0 saturated carbocycles. The van der Waals surface area contributed by atoms with Crippen LogP contribution < -0.4 is 4.74 Å². The minimum Gasteiger partial charge on any atom is -0.481 e. The Kier molecular flexibility index (Phi) is 1.58. The number of methoxy groups -OCH3 is 1. The number of fused-ring (bicyclic) bond motifs is 3. The lowest BCUT2D eigenvalue weighted by atomic mass is 10.2. The molecule has 0 unspecified atom stereocenters. The van der Waals surface area contributed by atoms with Gasteiger partial charge in [-0.15, -0.1) is 0 Å². The normalized spacial score (nSPS) is 11.0. The summed E-state index contributed by atoms with van der Waals surface area (Å²) in [6, 6.07) is 3.74. The second-order valence-electron chi connectivity index (χ2n) is 3.18. The molecule has 0 fully saturated rings. The number of hydrogen-bond donors (Lipinski definition) is 1. The summed E-state index contributed by atoms with van der Waals surface area (Å²) in [4.78, 5) is 8.48. The second kappa shape index (κ2) is 2.91. The van der Waals surface area contributed by atoms with Gasteiger partial charge in [0.15, 0.2) is 5.65 Å². The Bertz CT molecular complexity index is 631. The van der Waals surface area contributed by atoms with Gasteiger partial charge in [0.1, 0.15) is 0 Å². The number of aromatic amines is 1. The maximum absolute atomic E-state index is 5.04. The summed E-state index contributed by atoms with van der Waals surface area (Å²) in [7, 11) is 1.59. The molecule has 1 N–H and O–H groups in total. The van der Waals surface area contributed by atoms with Crippen molar-refractivity contribution in [3.05, 3.63) is 24.5 Å². The van der Waals surface area contributed by atoms with Gasteiger partial charge >= 0.3 is 0 Å². The molecule has 15 heavy (non-hydrogen) atoms. The van der Waals surface area contributed by atoms with Gasteiger partial charge in [-0.05, 0) is 6.07 Å². The van der Waals surface area contributed by atoms with Crippen molar-refractivity contribution >= 4 is 21.9 Å². The lowest BCUT2D eigenvalue weighted by Crippen LogP contribution is -1.90. The molecule has 0 aliphatic heterocycles. The van der Waals surface area contributed by atoms with Gasteiger partial charge in [-0.2, -0.15) is 10.1 Å². The van der Waals surface area contributed by atoms with Crippen LogP contribution in [-0.2, 0) is 0 Å². The molecule has 0 amide bonds. The van der Waals surface area contributed by atoms with Crippen molar-refractivity contribution in [1.82, 2.24) is 20.2 Å². The molecule has 0 atom stereocenters. The van der Waals surface area contributed by atoms with Crippen LogP contribution in [0.1, 0.15) is 0 Å². The Hall–Kier alpha value is -2.17. The highest BCUT2D eigenvalue weighted by molar-refractivity contribution is 6.01. The number of pyridine rings is 2. The van der Waals surface area contributed by atoms with E-state index in [0.29, 0.717) is 11.5 Å². The first-order valence-electron chi connectivity index (χ1n) is 4.51. The van der Waals surface area contributed by atoms with E-state index in [2.05, 4.69) is 20.2 Å². The van der Waals surface area contributed by atoms with Crippen molar-refractivity contribution in [1.29, 1.82) is 0 Å². The first-order valence-corrected chi connectivity index (χ1v) is 4.51. The molecule has 74 valence electrons. The van der Waals surface area contributed by atoms with Gasteiger partial charge in [0.25, 0.3) is 0 Å². The molecular weight excluding hydrogens is 192 g/mol. The maximum atomic E-state index is 5.04. The fraction of sp³-hybridized carbons (Fsp3) is 0.100. The van der Waals surface area contributed by atoms with E-state index in [0.717, 1.165) is 16.3 Å². The fourth-order valence-corrected chi connectivity index (χ4v) is 1.58. The average Bonchev–Trinajstić information content (AvgIpc) is 2.76. The third-order valence-corrected chi connectivity index (χ3v) is 2.32. The van der Waals surface area contributed by atoms with Crippen LogP contribution in [0.3, 0.4) is 0 Å². The maximum Gasteiger partial charge on any atom is 0.215 e. The van der Waals surface area contributed by atoms with Gasteiger partial charge in [-0.1, -0.05) is 0 Å². The number of rotatable bonds is 1. The zero-order valence-electron chi connectivity index (χ0n) is 8.06. The predicted octanol–water partition coefficient (Wildman–Crippen LogP) is 1.51. The number of nitrogens with zero attached hydrogens (tertiary/aromatic N) is 3. The molecule has 0 bridgehead atoms. The van der Waals surface area contributed by atoms with Crippen LogP contribution in [0, 0.1) is 0 Å². The summed E-state index contributed by atoms with van der Waals surface area (Å²) in [5.74, 6) is 0.564. The van der Waals surface area contributed by atoms with Crippen molar-refractivity contribution in [3.8, 4) is 5.88 Å². The smallest absolute Gasteiger partial charge is 0.215 e. The Morgan fingerprint density at radius 2 is 2.20 bits per heavy atom. The second-order valence-corrected chi connectivity index (χ2v) is 3.18. The Morgan fingerprint density at radius 3 is 3.07 bits per heavy atom. The summed E-state index contributed by atoms with van der Waals surface area (Å²) in [5, 5.41) is 8.83. The van der Waals surface area contributed by atoms with E-state index in [9.17, 15) is 0 Å². The first kappa shape index (κ1) is 8.16. The number of aromatic nitrogens is 4. The van der Waals surface area contributed by atoms with Crippen LogP contribution in [-0.4, -0.2) is 27.3 Å². The van der Waals surface area contributed by atoms with Gasteiger partial charge in [-0.3, -0.25) is 5.10 Å².